The van der Waals surface area contributed by atoms with Gasteiger partial charge in [0.15, 0.2) is 0 Å². The first-order chi connectivity index (χ1) is 13.0. The summed E-state index contributed by atoms with van der Waals surface area (Å²) >= 11 is 12.1. The lowest BCUT2D eigenvalue weighted by atomic mass is 9.97. The fraction of sp³-hybridized carbons (Fsp3) is 0.619. The topological polar surface area (TPSA) is 58.6 Å². The Hall–Kier alpha value is -1.46. The molecule has 1 aromatic rings. The fourth-order valence-corrected chi connectivity index (χ4v) is 3.74. The van der Waals surface area contributed by atoms with Gasteiger partial charge in [0.2, 0.25) is 5.91 Å². The molecule has 0 aromatic heterocycles. The molecular formula is C21H30Cl2N2O3. The molecule has 1 aliphatic heterocycles. The predicted molar refractivity (Wildman–Crippen MR) is 113 cm³/mol. The van der Waals surface area contributed by atoms with E-state index in [1.54, 1.807) is 17.0 Å². The standard InChI is InChI=1S/C21H30Cl2N2O3/c1-14(10-16-7-8-17(22)11-18(16)23)19(26)24-12-15-6-5-9-25(13-15)20(27)28-21(2,3)4/h7-8,11,14-15H,5-6,9-10,12-13H2,1-4H3,(H,24,26). The average Bonchev–Trinajstić information content (AvgIpc) is 2.60. The van der Waals surface area contributed by atoms with E-state index in [1.165, 1.54) is 0 Å². The zero-order valence-electron chi connectivity index (χ0n) is 17.1. The number of amides is 2. The second-order valence-corrected chi connectivity index (χ2v) is 9.36. The Bertz CT molecular complexity index is 703. The number of hydrogen-bond donors (Lipinski definition) is 1. The van der Waals surface area contributed by atoms with Crippen LogP contribution in [0.4, 0.5) is 4.79 Å². The van der Waals surface area contributed by atoms with E-state index < -0.39 is 5.60 Å². The van der Waals surface area contributed by atoms with Crippen LogP contribution in [-0.4, -0.2) is 42.1 Å². The van der Waals surface area contributed by atoms with Crippen LogP contribution in [0.15, 0.2) is 18.2 Å². The Morgan fingerprint density at radius 2 is 2.04 bits per heavy atom. The van der Waals surface area contributed by atoms with Crippen molar-refractivity contribution in [2.75, 3.05) is 19.6 Å². The number of halogens is 2. The normalized spacial score (nSPS) is 18.5. The molecule has 28 heavy (non-hydrogen) atoms. The Morgan fingerprint density at radius 3 is 2.68 bits per heavy atom. The van der Waals surface area contributed by atoms with Gasteiger partial charge in [0.05, 0.1) is 0 Å². The van der Waals surface area contributed by atoms with Crippen LogP contribution in [0.5, 0.6) is 0 Å². The maximum atomic E-state index is 12.5. The molecule has 0 bridgehead atoms. The van der Waals surface area contributed by atoms with Crippen molar-refractivity contribution in [2.24, 2.45) is 11.8 Å². The number of likely N-dealkylation sites (tertiary alicyclic amines) is 1. The van der Waals surface area contributed by atoms with Gasteiger partial charge in [-0.3, -0.25) is 4.79 Å². The van der Waals surface area contributed by atoms with E-state index in [2.05, 4.69) is 5.32 Å². The van der Waals surface area contributed by atoms with Crippen LogP contribution in [0.25, 0.3) is 0 Å². The van der Waals surface area contributed by atoms with Gasteiger partial charge in [-0.15, -0.1) is 0 Å². The summed E-state index contributed by atoms with van der Waals surface area (Å²) in [5.74, 6) is 0.0150. The first-order valence-corrected chi connectivity index (χ1v) is 10.5. The molecule has 1 N–H and O–H groups in total. The van der Waals surface area contributed by atoms with Gasteiger partial charge in [-0.1, -0.05) is 36.2 Å². The van der Waals surface area contributed by atoms with Crippen LogP contribution in [0.3, 0.4) is 0 Å². The number of piperidine rings is 1. The molecular weight excluding hydrogens is 399 g/mol. The molecule has 2 atom stereocenters. The maximum Gasteiger partial charge on any atom is 0.410 e. The van der Waals surface area contributed by atoms with Gasteiger partial charge in [-0.05, 0) is 63.6 Å². The molecule has 1 saturated heterocycles. The van der Waals surface area contributed by atoms with Crippen LogP contribution in [0, 0.1) is 11.8 Å². The highest BCUT2D eigenvalue weighted by Gasteiger charge is 2.28. The van der Waals surface area contributed by atoms with Gasteiger partial charge in [0.25, 0.3) is 0 Å². The lowest BCUT2D eigenvalue weighted by Gasteiger charge is -2.34. The zero-order chi connectivity index (χ0) is 20.9. The number of nitrogens with zero attached hydrogens (tertiary/aromatic N) is 1. The average molecular weight is 429 g/mol. The molecule has 7 heteroatoms. The Labute approximate surface area is 177 Å². The van der Waals surface area contributed by atoms with Crippen molar-refractivity contribution in [3.05, 3.63) is 33.8 Å². The molecule has 0 radical (unpaired) electrons. The van der Waals surface area contributed by atoms with Crippen molar-refractivity contribution in [2.45, 2.75) is 52.6 Å². The second-order valence-electron chi connectivity index (χ2n) is 8.52. The van der Waals surface area contributed by atoms with Crippen molar-refractivity contribution < 1.29 is 14.3 Å². The second kappa shape index (κ2) is 9.84. The molecule has 2 amide bonds. The minimum absolute atomic E-state index is 0.0135. The Morgan fingerprint density at radius 1 is 1.32 bits per heavy atom. The summed E-state index contributed by atoms with van der Waals surface area (Å²) in [6.07, 6.45) is 2.16. The minimum Gasteiger partial charge on any atom is -0.444 e. The number of hydrogen-bond acceptors (Lipinski definition) is 3. The summed E-state index contributed by atoms with van der Waals surface area (Å²) in [6.45, 7) is 9.32. The molecule has 0 spiro atoms. The summed E-state index contributed by atoms with van der Waals surface area (Å²) in [4.78, 5) is 26.5. The number of rotatable bonds is 5. The monoisotopic (exact) mass is 428 g/mol. The molecule has 1 heterocycles. The lowest BCUT2D eigenvalue weighted by Crippen LogP contribution is -2.46. The van der Waals surface area contributed by atoms with Gasteiger partial charge in [0.1, 0.15) is 5.60 Å². The SMILES string of the molecule is CC(Cc1ccc(Cl)cc1Cl)C(=O)NCC1CCCN(C(=O)OC(C)(C)C)C1. The highest BCUT2D eigenvalue weighted by Crippen LogP contribution is 2.24. The molecule has 5 nitrogen and oxygen atoms in total. The van der Waals surface area contributed by atoms with Crippen molar-refractivity contribution in [3.8, 4) is 0 Å². The van der Waals surface area contributed by atoms with E-state index in [0.717, 1.165) is 18.4 Å². The van der Waals surface area contributed by atoms with E-state index in [-0.39, 0.29) is 23.8 Å². The number of nitrogens with one attached hydrogen (secondary N) is 1. The van der Waals surface area contributed by atoms with Gasteiger partial charge >= 0.3 is 6.09 Å². The molecule has 0 saturated carbocycles. The quantitative estimate of drug-likeness (QED) is 0.722. The van der Waals surface area contributed by atoms with Gasteiger partial charge in [0, 0.05) is 35.6 Å². The highest BCUT2D eigenvalue weighted by atomic mass is 35.5. The van der Waals surface area contributed by atoms with E-state index in [0.29, 0.717) is 36.1 Å². The molecule has 0 aliphatic carbocycles. The smallest absolute Gasteiger partial charge is 0.410 e. The van der Waals surface area contributed by atoms with Crippen molar-refractivity contribution in [3.63, 3.8) is 0 Å². The van der Waals surface area contributed by atoms with Crippen LogP contribution in [0.2, 0.25) is 10.0 Å². The lowest BCUT2D eigenvalue weighted by molar-refractivity contribution is -0.124. The number of carbonyl (C=O) groups excluding carboxylic acids is 2. The van der Waals surface area contributed by atoms with Crippen molar-refractivity contribution in [1.82, 2.24) is 10.2 Å². The molecule has 1 aliphatic rings. The molecule has 156 valence electrons. The van der Waals surface area contributed by atoms with Crippen LogP contribution >= 0.6 is 23.2 Å². The van der Waals surface area contributed by atoms with Crippen LogP contribution in [0.1, 0.15) is 46.1 Å². The summed E-state index contributed by atoms with van der Waals surface area (Å²) in [6, 6.07) is 5.32. The van der Waals surface area contributed by atoms with E-state index >= 15 is 0 Å². The van der Waals surface area contributed by atoms with E-state index in [9.17, 15) is 9.59 Å². The summed E-state index contributed by atoms with van der Waals surface area (Å²) in [7, 11) is 0. The molecule has 1 aromatic carbocycles. The van der Waals surface area contributed by atoms with E-state index in [4.69, 9.17) is 27.9 Å². The van der Waals surface area contributed by atoms with Crippen LogP contribution < -0.4 is 5.32 Å². The molecule has 1 fully saturated rings. The third-order valence-corrected chi connectivity index (χ3v) is 5.31. The van der Waals surface area contributed by atoms with Gasteiger partial charge in [-0.2, -0.15) is 0 Å². The van der Waals surface area contributed by atoms with Gasteiger partial charge < -0.3 is 15.0 Å². The largest absolute Gasteiger partial charge is 0.444 e. The third kappa shape index (κ3) is 7.17. The Kier molecular flexibility index (Phi) is 8.02. The van der Waals surface area contributed by atoms with Crippen molar-refractivity contribution >= 4 is 35.2 Å². The molecule has 2 unspecified atom stereocenters. The summed E-state index contributed by atoms with van der Waals surface area (Å²) < 4.78 is 5.45. The minimum atomic E-state index is -0.503. The first kappa shape index (κ1) is 22.8. The maximum absolute atomic E-state index is 12.5. The third-order valence-electron chi connectivity index (χ3n) is 4.72. The number of ether oxygens (including phenoxy) is 1. The van der Waals surface area contributed by atoms with Crippen LogP contribution in [-0.2, 0) is 16.0 Å². The van der Waals surface area contributed by atoms with Gasteiger partial charge in [-0.25, -0.2) is 4.79 Å². The highest BCUT2D eigenvalue weighted by molar-refractivity contribution is 6.35. The molecule has 2 rings (SSSR count). The number of benzene rings is 1. The van der Waals surface area contributed by atoms with E-state index in [1.807, 2.05) is 33.8 Å². The van der Waals surface area contributed by atoms with Crippen molar-refractivity contribution in [1.29, 1.82) is 0 Å². The zero-order valence-corrected chi connectivity index (χ0v) is 18.6. The number of carbonyl (C=O) groups is 2. The summed E-state index contributed by atoms with van der Waals surface area (Å²) in [5, 5.41) is 4.18. The predicted octanol–water partition coefficient (Wildman–Crippen LogP) is 4.94. The summed E-state index contributed by atoms with van der Waals surface area (Å²) in [5.41, 5.74) is 0.402. The first-order valence-electron chi connectivity index (χ1n) is 9.74. The fourth-order valence-electron chi connectivity index (χ4n) is 3.25. The Balaban J connectivity index is 1.82.